The van der Waals surface area contributed by atoms with Gasteiger partial charge in [0.25, 0.3) is 5.91 Å². The number of hydrogen-bond acceptors (Lipinski definition) is 5. The molecule has 0 atom stereocenters. The molecule has 8 heteroatoms. The normalized spacial score (nSPS) is 10.2. The van der Waals surface area contributed by atoms with Crippen molar-refractivity contribution in [1.29, 1.82) is 0 Å². The molecule has 142 valence electrons. The number of rotatable bonds is 6. The molecular formula is C20H18FN5O2. The van der Waals surface area contributed by atoms with Gasteiger partial charge in [0.2, 0.25) is 5.91 Å². The van der Waals surface area contributed by atoms with E-state index in [9.17, 15) is 14.0 Å². The van der Waals surface area contributed by atoms with Gasteiger partial charge in [0.05, 0.1) is 12.4 Å². The summed E-state index contributed by atoms with van der Waals surface area (Å²) < 4.78 is 12.9. The smallest absolute Gasteiger partial charge is 0.271 e. The third-order valence-electron chi connectivity index (χ3n) is 3.71. The maximum absolute atomic E-state index is 12.9. The molecule has 0 fully saturated rings. The van der Waals surface area contributed by atoms with Gasteiger partial charge >= 0.3 is 0 Å². The highest BCUT2D eigenvalue weighted by molar-refractivity contribution is 5.92. The second-order valence-electron chi connectivity index (χ2n) is 5.98. The Kier molecular flexibility index (Phi) is 5.91. The molecule has 3 aromatic rings. The van der Waals surface area contributed by atoms with Crippen molar-refractivity contribution in [3.63, 3.8) is 0 Å². The van der Waals surface area contributed by atoms with Crippen LogP contribution in [0, 0.1) is 5.82 Å². The molecule has 0 aliphatic rings. The maximum atomic E-state index is 12.9. The number of halogens is 1. The van der Waals surface area contributed by atoms with E-state index in [2.05, 4.69) is 25.9 Å². The topological polar surface area (TPSA) is 96.0 Å². The minimum Gasteiger partial charge on any atom is -0.347 e. The van der Waals surface area contributed by atoms with Gasteiger partial charge in [0.1, 0.15) is 17.3 Å². The van der Waals surface area contributed by atoms with E-state index >= 15 is 0 Å². The number of benzene rings is 2. The second-order valence-corrected chi connectivity index (χ2v) is 5.98. The van der Waals surface area contributed by atoms with Crippen LogP contribution in [0.5, 0.6) is 0 Å². The summed E-state index contributed by atoms with van der Waals surface area (Å²) in [4.78, 5) is 31.6. The molecule has 3 rings (SSSR count). The molecule has 0 unspecified atom stereocenters. The summed E-state index contributed by atoms with van der Waals surface area (Å²) in [6.45, 7) is 1.70. The summed E-state index contributed by atoms with van der Waals surface area (Å²) >= 11 is 0. The molecule has 2 amide bonds. The lowest BCUT2D eigenvalue weighted by atomic mass is 10.2. The van der Waals surface area contributed by atoms with Crippen LogP contribution >= 0.6 is 0 Å². The van der Waals surface area contributed by atoms with Crippen LogP contribution in [-0.4, -0.2) is 21.8 Å². The minimum atomic E-state index is -0.379. The van der Waals surface area contributed by atoms with E-state index in [-0.39, 0.29) is 29.9 Å². The Morgan fingerprint density at radius 3 is 2.43 bits per heavy atom. The fourth-order valence-corrected chi connectivity index (χ4v) is 2.41. The van der Waals surface area contributed by atoms with Crippen molar-refractivity contribution in [2.45, 2.75) is 13.5 Å². The van der Waals surface area contributed by atoms with Gasteiger partial charge in [0.15, 0.2) is 0 Å². The molecule has 3 N–H and O–H groups in total. The summed E-state index contributed by atoms with van der Waals surface area (Å²) in [5, 5.41) is 8.46. The van der Waals surface area contributed by atoms with Gasteiger partial charge in [-0.05, 0) is 35.9 Å². The Balaban J connectivity index is 1.59. The first-order valence-electron chi connectivity index (χ1n) is 8.49. The standard InChI is InChI=1S/C20H18FN5O2/c1-13(27)25-16-3-2-4-17(9-16)26-19-12-22-18(11-23-19)20(28)24-10-14-5-7-15(21)8-6-14/h2-9,11-12H,10H2,1H3,(H,23,26)(H,24,28)(H,25,27). The Morgan fingerprint density at radius 1 is 1.00 bits per heavy atom. The molecule has 0 saturated heterocycles. The minimum absolute atomic E-state index is 0.159. The van der Waals surface area contributed by atoms with Gasteiger partial charge in [-0.25, -0.2) is 14.4 Å². The lowest BCUT2D eigenvalue weighted by Gasteiger charge is -2.09. The van der Waals surface area contributed by atoms with Gasteiger partial charge in [0, 0.05) is 24.8 Å². The van der Waals surface area contributed by atoms with Crippen LogP contribution < -0.4 is 16.0 Å². The largest absolute Gasteiger partial charge is 0.347 e. The van der Waals surface area contributed by atoms with Crippen LogP contribution in [0.1, 0.15) is 23.0 Å². The summed E-state index contributed by atoms with van der Waals surface area (Å²) in [6.07, 6.45) is 2.80. The Morgan fingerprint density at radius 2 is 1.75 bits per heavy atom. The molecule has 1 heterocycles. The van der Waals surface area contributed by atoms with Gasteiger partial charge < -0.3 is 16.0 Å². The molecule has 1 aromatic heterocycles. The molecule has 0 aliphatic heterocycles. The van der Waals surface area contributed by atoms with E-state index in [0.29, 0.717) is 17.2 Å². The fourth-order valence-electron chi connectivity index (χ4n) is 2.41. The molecule has 0 saturated carbocycles. The number of anilines is 3. The molecule has 0 radical (unpaired) electrons. The third-order valence-corrected chi connectivity index (χ3v) is 3.71. The monoisotopic (exact) mass is 379 g/mol. The van der Waals surface area contributed by atoms with Crippen LogP contribution in [0.2, 0.25) is 0 Å². The predicted octanol–water partition coefficient (Wildman–Crippen LogP) is 3.25. The van der Waals surface area contributed by atoms with Crippen molar-refractivity contribution in [2.75, 3.05) is 10.6 Å². The number of aromatic nitrogens is 2. The molecule has 28 heavy (non-hydrogen) atoms. The van der Waals surface area contributed by atoms with Crippen LogP contribution in [0.4, 0.5) is 21.6 Å². The first kappa shape index (κ1) is 19.0. The van der Waals surface area contributed by atoms with Crippen molar-refractivity contribution >= 4 is 29.0 Å². The van der Waals surface area contributed by atoms with Crippen LogP contribution in [-0.2, 0) is 11.3 Å². The number of amides is 2. The van der Waals surface area contributed by atoms with Crippen molar-refractivity contribution in [3.8, 4) is 0 Å². The quantitative estimate of drug-likeness (QED) is 0.611. The number of carbonyl (C=O) groups excluding carboxylic acids is 2. The van der Waals surface area contributed by atoms with Crippen LogP contribution in [0.25, 0.3) is 0 Å². The Labute approximate surface area is 161 Å². The first-order chi connectivity index (χ1) is 13.5. The van der Waals surface area contributed by atoms with Gasteiger partial charge in [-0.1, -0.05) is 18.2 Å². The highest BCUT2D eigenvalue weighted by Gasteiger charge is 2.08. The Bertz CT molecular complexity index is 975. The maximum Gasteiger partial charge on any atom is 0.271 e. The number of nitrogens with zero attached hydrogens (tertiary/aromatic N) is 2. The molecule has 0 aliphatic carbocycles. The summed E-state index contributed by atoms with van der Waals surface area (Å²) in [6, 6.07) is 13.0. The van der Waals surface area contributed by atoms with Gasteiger partial charge in [-0.3, -0.25) is 9.59 Å². The number of nitrogens with one attached hydrogen (secondary N) is 3. The molecule has 0 spiro atoms. The first-order valence-corrected chi connectivity index (χ1v) is 8.49. The van der Waals surface area contributed by atoms with Crippen molar-refractivity contribution in [3.05, 3.63) is 78.0 Å². The van der Waals surface area contributed by atoms with E-state index in [1.54, 1.807) is 30.3 Å². The van der Waals surface area contributed by atoms with Crippen LogP contribution in [0.3, 0.4) is 0 Å². The van der Waals surface area contributed by atoms with Gasteiger partial charge in [-0.2, -0.15) is 0 Å². The molecular weight excluding hydrogens is 361 g/mol. The molecule has 7 nitrogen and oxygen atoms in total. The summed E-state index contributed by atoms with van der Waals surface area (Å²) in [7, 11) is 0. The van der Waals surface area contributed by atoms with E-state index in [1.807, 2.05) is 6.07 Å². The highest BCUT2D eigenvalue weighted by Crippen LogP contribution is 2.18. The van der Waals surface area contributed by atoms with E-state index in [0.717, 1.165) is 5.56 Å². The molecule has 0 bridgehead atoms. The zero-order valence-electron chi connectivity index (χ0n) is 15.1. The van der Waals surface area contributed by atoms with Crippen molar-refractivity contribution < 1.29 is 14.0 Å². The van der Waals surface area contributed by atoms with Crippen molar-refractivity contribution in [2.24, 2.45) is 0 Å². The average Bonchev–Trinajstić information content (AvgIpc) is 2.68. The summed E-state index contributed by atoms with van der Waals surface area (Å²) in [5.74, 6) is -0.411. The zero-order valence-corrected chi connectivity index (χ0v) is 15.1. The zero-order chi connectivity index (χ0) is 19.9. The molecule has 2 aromatic carbocycles. The number of hydrogen-bond donors (Lipinski definition) is 3. The predicted molar refractivity (Wildman–Crippen MR) is 104 cm³/mol. The van der Waals surface area contributed by atoms with Crippen molar-refractivity contribution in [1.82, 2.24) is 15.3 Å². The lowest BCUT2D eigenvalue weighted by molar-refractivity contribution is -0.114. The lowest BCUT2D eigenvalue weighted by Crippen LogP contribution is -2.24. The summed E-state index contributed by atoms with van der Waals surface area (Å²) in [5.41, 5.74) is 2.32. The SMILES string of the molecule is CC(=O)Nc1cccc(Nc2cnc(C(=O)NCc3ccc(F)cc3)cn2)c1. The van der Waals surface area contributed by atoms with E-state index in [1.165, 1.54) is 31.5 Å². The fraction of sp³-hybridized carbons (Fsp3) is 0.100. The van der Waals surface area contributed by atoms with Gasteiger partial charge in [-0.15, -0.1) is 0 Å². The van der Waals surface area contributed by atoms with Crippen LogP contribution in [0.15, 0.2) is 60.9 Å². The third kappa shape index (κ3) is 5.34. The second kappa shape index (κ2) is 8.72. The van der Waals surface area contributed by atoms with E-state index < -0.39 is 0 Å². The Hall–Kier alpha value is -3.81. The van der Waals surface area contributed by atoms with E-state index in [4.69, 9.17) is 0 Å². The number of carbonyl (C=O) groups is 2. The average molecular weight is 379 g/mol. The highest BCUT2D eigenvalue weighted by atomic mass is 19.1.